The van der Waals surface area contributed by atoms with Crippen molar-refractivity contribution in [3.8, 4) is 0 Å². The predicted molar refractivity (Wildman–Crippen MR) is 75.7 cm³/mol. The molecule has 2 aromatic rings. The SMILES string of the molecule is O=C(Nc1ccc(Cl)nn1)C1CCCc2sccc21. The summed E-state index contributed by atoms with van der Waals surface area (Å²) < 4.78 is 0. The largest absolute Gasteiger partial charge is 0.309 e. The molecule has 0 saturated carbocycles. The molecule has 0 spiro atoms. The third-order valence-corrected chi connectivity index (χ3v) is 4.45. The number of amides is 1. The molecule has 1 aliphatic rings. The van der Waals surface area contributed by atoms with Crippen molar-refractivity contribution in [2.75, 3.05) is 5.32 Å². The van der Waals surface area contributed by atoms with Gasteiger partial charge in [-0.25, -0.2) is 0 Å². The zero-order chi connectivity index (χ0) is 13.2. The highest BCUT2D eigenvalue weighted by Crippen LogP contribution is 2.35. The summed E-state index contributed by atoms with van der Waals surface area (Å²) in [5, 5.41) is 12.7. The fraction of sp³-hybridized carbons (Fsp3) is 0.308. The number of aromatic nitrogens is 2. The van der Waals surface area contributed by atoms with E-state index in [0.717, 1.165) is 24.8 Å². The van der Waals surface area contributed by atoms with Gasteiger partial charge in [-0.2, -0.15) is 0 Å². The van der Waals surface area contributed by atoms with Crippen molar-refractivity contribution >= 4 is 34.7 Å². The van der Waals surface area contributed by atoms with Crippen LogP contribution in [0, 0.1) is 0 Å². The number of hydrogen-bond acceptors (Lipinski definition) is 4. The topological polar surface area (TPSA) is 54.9 Å². The lowest BCUT2D eigenvalue weighted by molar-refractivity contribution is -0.117. The van der Waals surface area contributed by atoms with E-state index in [9.17, 15) is 4.79 Å². The molecule has 0 bridgehead atoms. The average Bonchev–Trinajstić information content (AvgIpc) is 2.89. The van der Waals surface area contributed by atoms with Gasteiger partial charge in [0.1, 0.15) is 0 Å². The Kier molecular flexibility index (Phi) is 3.48. The molecule has 0 radical (unpaired) electrons. The van der Waals surface area contributed by atoms with E-state index in [4.69, 9.17) is 11.6 Å². The average molecular weight is 294 g/mol. The second kappa shape index (κ2) is 5.27. The molecule has 1 aliphatic carbocycles. The number of rotatable bonds is 2. The first-order chi connectivity index (χ1) is 9.24. The van der Waals surface area contributed by atoms with Gasteiger partial charge >= 0.3 is 0 Å². The molecule has 6 heteroatoms. The van der Waals surface area contributed by atoms with E-state index in [1.807, 2.05) is 0 Å². The highest BCUT2D eigenvalue weighted by molar-refractivity contribution is 7.10. The van der Waals surface area contributed by atoms with Gasteiger partial charge in [0.15, 0.2) is 11.0 Å². The highest BCUT2D eigenvalue weighted by Gasteiger charge is 2.27. The molecular formula is C13H12ClN3OS. The van der Waals surface area contributed by atoms with Gasteiger partial charge in [-0.05, 0) is 48.4 Å². The smallest absolute Gasteiger partial charge is 0.233 e. The van der Waals surface area contributed by atoms with Crippen LogP contribution in [0.25, 0.3) is 0 Å². The van der Waals surface area contributed by atoms with Gasteiger partial charge in [0.25, 0.3) is 0 Å². The quantitative estimate of drug-likeness (QED) is 0.925. The van der Waals surface area contributed by atoms with Crippen LogP contribution in [-0.4, -0.2) is 16.1 Å². The summed E-state index contributed by atoms with van der Waals surface area (Å²) >= 11 is 7.39. The lowest BCUT2D eigenvalue weighted by Crippen LogP contribution is -2.24. The van der Waals surface area contributed by atoms with Crippen molar-refractivity contribution < 1.29 is 4.79 Å². The number of hydrogen-bond donors (Lipinski definition) is 1. The lowest BCUT2D eigenvalue weighted by Gasteiger charge is -2.21. The first kappa shape index (κ1) is 12.6. The molecule has 0 fully saturated rings. The zero-order valence-corrected chi connectivity index (χ0v) is 11.7. The molecule has 1 amide bonds. The summed E-state index contributed by atoms with van der Waals surface area (Å²) in [5.74, 6) is 0.347. The number of halogens is 1. The second-order valence-electron chi connectivity index (χ2n) is 4.47. The van der Waals surface area contributed by atoms with Gasteiger partial charge in [0.05, 0.1) is 5.92 Å². The van der Waals surface area contributed by atoms with E-state index in [2.05, 4.69) is 27.0 Å². The van der Waals surface area contributed by atoms with Crippen LogP contribution >= 0.6 is 22.9 Å². The number of fused-ring (bicyclic) bond motifs is 1. The van der Waals surface area contributed by atoms with Crippen molar-refractivity contribution in [3.05, 3.63) is 39.2 Å². The van der Waals surface area contributed by atoms with Gasteiger partial charge in [-0.15, -0.1) is 21.5 Å². The van der Waals surface area contributed by atoms with Crippen LogP contribution in [-0.2, 0) is 11.2 Å². The monoisotopic (exact) mass is 293 g/mol. The summed E-state index contributed by atoms with van der Waals surface area (Å²) in [6.07, 6.45) is 3.02. The van der Waals surface area contributed by atoms with Gasteiger partial charge in [-0.3, -0.25) is 4.79 Å². The standard InChI is InChI=1S/C13H12ClN3OS/c14-11-4-5-12(17-16-11)15-13(18)9-2-1-3-10-8(9)6-7-19-10/h4-7,9H,1-3H2,(H,15,17,18). The van der Waals surface area contributed by atoms with Crippen LogP contribution < -0.4 is 5.32 Å². The van der Waals surface area contributed by atoms with E-state index in [0.29, 0.717) is 11.0 Å². The predicted octanol–water partition coefficient (Wildman–Crippen LogP) is 3.25. The van der Waals surface area contributed by atoms with Crippen LogP contribution in [0.15, 0.2) is 23.6 Å². The summed E-state index contributed by atoms with van der Waals surface area (Å²) in [5.41, 5.74) is 1.16. The highest BCUT2D eigenvalue weighted by atomic mass is 35.5. The van der Waals surface area contributed by atoms with E-state index < -0.39 is 0 Å². The zero-order valence-electron chi connectivity index (χ0n) is 10.1. The molecule has 19 heavy (non-hydrogen) atoms. The van der Waals surface area contributed by atoms with Crippen LogP contribution in [0.5, 0.6) is 0 Å². The Labute approximate surface area is 119 Å². The van der Waals surface area contributed by atoms with Crippen LogP contribution in [0.2, 0.25) is 5.15 Å². The number of nitrogens with one attached hydrogen (secondary N) is 1. The molecule has 1 atom stereocenters. The third-order valence-electron chi connectivity index (χ3n) is 3.25. The van der Waals surface area contributed by atoms with Gasteiger partial charge in [0, 0.05) is 4.88 Å². The second-order valence-corrected chi connectivity index (χ2v) is 5.86. The summed E-state index contributed by atoms with van der Waals surface area (Å²) in [7, 11) is 0. The minimum absolute atomic E-state index is 0.0176. The first-order valence-corrected chi connectivity index (χ1v) is 7.36. The first-order valence-electron chi connectivity index (χ1n) is 6.10. The maximum atomic E-state index is 12.3. The van der Waals surface area contributed by atoms with Gasteiger partial charge in [-0.1, -0.05) is 11.6 Å². The number of thiophene rings is 1. The van der Waals surface area contributed by atoms with Crippen LogP contribution in [0.4, 0.5) is 5.82 Å². The molecule has 98 valence electrons. The number of carbonyl (C=O) groups is 1. The van der Waals surface area contributed by atoms with Crippen LogP contribution in [0.1, 0.15) is 29.2 Å². The third kappa shape index (κ3) is 2.62. The normalized spacial score (nSPS) is 17.8. The maximum Gasteiger partial charge on any atom is 0.233 e. The van der Waals surface area contributed by atoms with Gasteiger partial charge < -0.3 is 5.32 Å². The summed E-state index contributed by atoms with van der Waals surface area (Å²) in [6.45, 7) is 0. The van der Waals surface area contributed by atoms with E-state index in [-0.39, 0.29) is 11.8 Å². The van der Waals surface area contributed by atoms with Crippen molar-refractivity contribution in [2.24, 2.45) is 0 Å². The Balaban J connectivity index is 1.77. The van der Waals surface area contributed by atoms with Crippen LogP contribution in [0.3, 0.4) is 0 Å². The summed E-state index contributed by atoms with van der Waals surface area (Å²) in [6, 6.07) is 5.32. The molecular weight excluding hydrogens is 282 g/mol. The molecule has 0 aliphatic heterocycles. The van der Waals surface area contributed by atoms with Gasteiger partial charge in [0.2, 0.25) is 5.91 Å². The molecule has 3 rings (SSSR count). The number of carbonyl (C=O) groups excluding carboxylic acids is 1. The van der Waals surface area contributed by atoms with Crippen molar-refractivity contribution in [2.45, 2.75) is 25.2 Å². The van der Waals surface area contributed by atoms with Crippen molar-refractivity contribution in [3.63, 3.8) is 0 Å². The Morgan fingerprint density at radius 1 is 1.37 bits per heavy atom. The van der Waals surface area contributed by atoms with E-state index in [1.165, 1.54) is 4.88 Å². The molecule has 0 aromatic carbocycles. The molecule has 4 nitrogen and oxygen atoms in total. The Bertz CT molecular complexity index is 596. The maximum absolute atomic E-state index is 12.3. The Morgan fingerprint density at radius 2 is 2.26 bits per heavy atom. The molecule has 2 aromatic heterocycles. The number of anilines is 1. The Hall–Kier alpha value is -1.46. The van der Waals surface area contributed by atoms with E-state index in [1.54, 1.807) is 23.5 Å². The molecule has 0 saturated heterocycles. The van der Waals surface area contributed by atoms with Crippen molar-refractivity contribution in [1.29, 1.82) is 0 Å². The fourth-order valence-corrected chi connectivity index (χ4v) is 3.44. The fourth-order valence-electron chi connectivity index (χ4n) is 2.35. The summed E-state index contributed by atoms with van der Waals surface area (Å²) in [4.78, 5) is 13.6. The lowest BCUT2D eigenvalue weighted by atomic mass is 9.87. The molecule has 2 heterocycles. The molecule has 1 N–H and O–H groups in total. The van der Waals surface area contributed by atoms with Crippen molar-refractivity contribution in [1.82, 2.24) is 10.2 Å². The number of aryl methyl sites for hydroxylation is 1. The minimum atomic E-state index is -0.0764. The minimum Gasteiger partial charge on any atom is -0.309 e. The Morgan fingerprint density at radius 3 is 3.05 bits per heavy atom. The number of nitrogens with zero attached hydrogens (tertiary/aromatic N) is 2. The molecule has 1 unspecified atom stereocenters. The van der Waals surface area contributed by atoms with E-state index >= 15 is 0 Å².